The third-order valence-corrected chi connectivity index (χ3v) is 3.90. The van der Waals surface area contributed by atoms with E-state index < -0.39 is 0 Å². The van der Waals surface area contributed by atoms with Crippen LogP contribution in [0.25, 0.3) is 0 Å². The second kappa shape index (κ2) is 7.24. The predicted octanol–water partition coefficient (Wildman–Crippen LogP) is 5.13. The molecule has 0 aliphatic carbocycles. The van der Waals surface area contributed by atoms with E-state index in [4.69, 9.17) is 5.26 Å². The lowest BCUT2D eigenvalue weighted by atomic mass is 9.86. The third-order valence-electron chi connectivity index (χ3n) is 3.90. The van der Waals surface area contributed by atoms with Crippen molar-refractivity contribution < 1.29 is 0 Å². The van der Waals surface area contributed by atoms with Crippen molar-refractivity contribution in [3.05, 3.63) is 71.9 Å². The average Bonchev–Trinajstić information content (AvgIpc) is 2.62. The largest absolute Gasteiger partial charge is 0.340 e. The molecule has 130 valence electrons. The van der Waals surface area contributed by atoms with Crippen molar-refractivity contribution in [2.45, 2.75) is 26.2 Å². The van der Waals surface area contributed by atoms with Crippen LogP contribution in [0, 0.1) is 11.3 Å². The summed E-state index contributed by atoms with van der Waals surface area (Å²) in [5.41, 5.74) is 3.63. The van der Waals surface area contributed by atoms with Gasteiger partial charge in [-0.3, -0.25) is 0 Å². The van der Waals surface area contributed by atoms with E-state index in [1.54, 1.807) is 18.3 Å². The van der Waals surface area contributed by atoms with E-state index in [2.05, 4.69) is 53.5 Å². The summed E-state index contributed by atoms with van der Waals surface area (Å²) in [6, 6.07) is 19.4. The Morgan fingerprint density at radius 3 is 2.54 bits per heavy atom. The second-order valence-corrected chi connectivity index (χ2v) is 7.00. The van der Waals surface area contributed by atoms with Crippen LogP contribution < -0.4 is 10.6 Å². The number of nitrogens with one attached hydrogen (secondary N) is 2. The predicted molar refractivity (Wildman–Crippen MR) is 105 cm³/mol. The summed E-state index contributed by atoms with van der Waals surface area (Å²) in [6.45, 7) is 6.55. The van der Waals surface area contributed by atoms with Crippen LogP contribution in [0.4, 0.5) is 23.1 Å². The van der Waals surface area contributed by atoms with Crippen LogP contribution in [-0.2, 0) is 5.41 Å². The maximum absolute atomic E-state index is 9.01. The smallest absolute Gasteiger partial charge is 0.229 e. The number of hydrogen-bond donors (Lipinski definition) is 2. The summed E-state index contributed by atoms with van der Waals surface area (Å²) in [5.74, 6) is 1.17. The van der Waals surface area contributed by atoms with Crippen LogP contribution in [0.2, 0.25) is 0 Å². The summed E-state index contributed by atoms with van der Waals surface area (Å²) in [7, 11) is 0. The van der Waals surface area contributed by atoms with Gasteiger partial charge in [0.2, 0.25) is 5.95 Å². The zero-order valence-corrected chi connectivity index (χ0v) is 15.1. The molecule has 0 aliphatic heterocycles. The first-order chi connectivity index (χ1) is 12.5. The number of nitrogens with zero attached hydrogens (tertiary/aromatic N) is 3. The lowest BCUT2D eigenvalue weighted by Gasteiger charge is -2.23. The van der Waals surface area contributed by atoms with E-state index in [-0.39, 0.29) is 5.41 Å². The van der Waals surface area contributed by atoms with Gasteiger partial charge in [-0.05, 0) is 41.3 Å². The molecule has 0 aliphatic rings. The van der Waals surface area contributed by atoms with Crippen LogP contribution >= 0.6 is 0 Å². The molecule has 0 atom stereocenters. The van der Waals surface area contributed by atoms with E-state index >= 15 is 0 Å². The minimum atomic E-state index is 0.0233. The summed E-state index contributed by atoms with van der Waals surface area (Å²) in [6.07, 6.45) is 1.70. The van der Waals surface area contributed by atoms with Gasteiger partial charge in [0.05, 0.1) is 11.6 Å². The minimum Gasteiger partial charge on any atom is -0.340 e. The lowest BCUT2D eigenvalue weighted by Crippen LogP contribution is -2.13. The Hall–Kier alpha value is -3.39. The van der Waals surface area contributed by atoms with Gasteiger partial charge in [-0.2, -0.15) is 10.2 Å². The highest BCUT2D eigenvalue weighted by Crippen LogP contribution is 2.31. The van der Waals surface area contributed by atoms with Gasteiger partial charge in [-0.25, -0.2) is 4.98 Å². The molecule has 0 unspecified atom stereocenters. The summed E-state index contributed by atoms with van der Waals surface area (Å²) in [5, 5.41) is 15.5. The fourth-order valence-corrected chi connectivity index (χ4v) is 2.67. The molecule has 5 nitrogen and oxygen atoms in total. The zero-order valence-electron chi connectivity index (χ0n) is 15.1. The molecule has 0 fully saturated rings. The molecule has 0 saturated heterocycles. The standard InChI is InChI=1S/C21H21N5/c1-21(2,3)17-9-4-5-10-18(17)25-19-11-12-23-20(26-19)24-16-8-6-7-15(13-16)14-22/h4-13H,1-3H3,(H2,23,24,25,26). The summed E-state index contributed by atoms with van der Waals surface area (Å²) in [4.78, 5) is 8.78. The molecule has 5 heteroatoms. The molecule has 3 rings (SSSR count). The Kier molecular flexibility index (Phi) is 4.85. The highest BCUT2D eigenvalue weighted by atomic mass is 15.1. The highest BCUT2D eigenvalue weighted by molar-refractivity contribution is 5.64. The molecule has 0 bridgehead atoms. The van der Waals surface area contributed by atoms with E-state index in [9.17, 15) is 0 Å². The van der Waals surface area contributed by atoms with Crippen LogP contribution in [0.3, 0.4) is 0 Å². The SMILES string of the molecule is CC(C)(C)c1ccccc1Nc1ccnc(Nc2cccc(C#N)c2)n1. The van der Waals surface area contributed by atoms with E-state index in [0.717, 1.165) is 11.4 Å². The van der Waals surface area contributed by atoms with Gasteiger partial charge in [0.15, 0.2) is 0 Å². The maximum atomic E-state index is 9.01. The van der Waals surface area contributed by atoms with Crippen LogP contribution in [0.15, 0.2) is 60.8 Å². The summed E-state index contributed by atoms with van der Waals surface area (Å²) < 4.78 is 0. The zero-order chi connectivity index (χ0) is 18.6. The Morgan fingerprint density at radius 1 is 0.962 bits per heavy atom. The van der Waals surface area contributed by atoms with Crippen molar-refractivity contribution in [1.82, 2.24) is 9.97 Å². The van der Waals surface area contributed by atoms with E-state index in [0.29, 0.717) is 17.3 Å². The topological polar surface area (TPSA) is 73.6 Å². The van der Waals surface area contributed by atoms with Gasteiger partial charge in [0.1, 0.15) is 5.82 Å². The normalized spacial score (nSPS) is 10.8. The molecule has 1 heterocycles. The molecule has 2 N–H and O–H groups in total. The number of rotatable bonds is 4. The number of para-hydroxylation sites is 1. The Bertz CT molecular complexity index is 951. The van der Waals surface area contributed by atoms with Gasteiger partial charge in [0, 0.05) is 17.6 Å². The van der Waals surface area contributed by atoms with Crippen LogP contribution in [0.5, 0.6) is 0 Å². The van der Waals surface area contributed by atoms with Crippen LogP contribution in [0.1, 0.15) is 31.9 Å². The number of benzene rings is 2. The van der Waals surface area contributed by atoms with Gasteiger partial charge in [-0.1, -0.05) is 45.0 Å². The van der Waals surface area contributed by atoms with Crippen molar-refractivity contribution in [3.8, 4) is 6.07 Å². The number of nitriles is 1. The number of hydrogen-bond acceptors (Lipinski definition) is 5. The lowest BCUT2D eigenvalue weighted by molar-refractivity contribution is 0.592. The molecule has 0 saturated carbocycles. The summed E-state index contributed by atoms with van der Waals surface area (Å²) >= 11 is 0. The van der Waals surface area contributed by atoms with Gasteiger partial charge < -0.3 is 10.6 Å². The molecule has 26 heavy (non-hydrogen) atoms. The third kappa shape index (κ3) is 4.17. The first kappa shape index (κ1) is 17.4. The van der Waals surface area contributed by atoms with Crippen molar-refractivity contribution in [3.63, 3.8) is 0 Å². The molecule has 3 aromatic rings. The fraction of sp³-hybridized carbons (Fsp3) is 0.190. The monoisotopic (exact) mass is 343 g/mol. The molecule has 2 aromatic carbocycles. The van der Waals surface area contributed by atoms with Crippen molar-refractivity contribution in [1.29, 1.82) is 5.26 Å². The van der Waals surface area contributed by atoms with Crippen molar-refractivity contribution in [2.24, 2.45) is 0 Å². The minimum absolute atomic E-state index is 0.0233. The maximum Gasteiger partial charge on any atom is 0.229 e. The average molecular weight is 343 g/mol. The van der Waals surface area contributed by atoms with Gasteiger partial charge in [-0.15, -0.1) is 0 Å². The molecule has 0 radical (unpaired) electrons. The molecule has 1 aromatic heterocycles. The van der Waals surface area contributed by atoms with E-state index in [1.807, 2.05) is 36.4 Å². The quantitative estimate of drug-likeness (QED) is 0.687. The van der Waals surface area contributed by atoms with Gasteiger partial charge >= 0.3 is 0 Å². The molecular formula is C21H21N5. The second-order valence-electron chi connectivity index (χ2n) is 7.00. The number of anilines is 4. The molecule has 0 spiro atoms. The van der Waals surface area contributed by atoms with Crippen molar-refractivity contribution in [2.75, 3.05) is 10.6 Å². The fourth-order valence-electron chi connectivity index (χ4n) is 2.67. The first-order valence-electron chi connectivity index (χ1n) is 8.42. The van der Waals surface area contributed by atoms with Crippen molar-refractivity contribution >= 4 is 23.1 Å². The first-order valence-corrected chi connectivity index (χ1v) is 8.42. The Labute approximate surface area is 153 Å². The Morgan fingerprint density at radius 2 is 1.77 bits per heavy atom. The van der Waals surface area contributed by atoms with Crippen LogP contribution in [-0.4, -0.2) is 9.97 Å². The molecule has 0 amide bonds. The number of aromatic nitrogens is 2. The highest BCUT2D eigenvalue weighted by Gasteiger charge is 2.17. The molecular weight excluding hydrogens is 322 g/mol. The van der Waals surface area contributed by atoms with E-state index in [1.165, 1.54) is 5.56 Å². The Balaban J connectivity index is 1.84. The van der Waals surface area contributed by atoms with Gasteiger partial charge in [0.25, 0.3) is 0 Å².